The van der Waals surface area contributed by atoms with E-state index in [9.17, 15) is 14.0 Å². The summed E-state index contributed by atoms with van der Waals surface area (Å²) in [6.45, 7) is 2.17. The van der Waals surface area contributed by atoms with Crippen molar-refractivity contribution < 1.29 is 23.5 Å². The van der Waals surface area contributed by atoms with Crippen LogP contribution < -0.4 is 4.72 Å². The van der Waals surface area contributed by atoms with Crippen molar-refractivity contribution in [3.05, 3.63) is 58.9 Å². The lowest BCUT2D eigenvalue weighted by Crippen LogP contribution is -2.05. The molecule has 1 aliphatic rings. The minimum atomic E-state index is -0.720. The molecule has 25 heavy (non-hydrogen) atoms. The number of benzene rings is 2. The number of anilines is 1. The highest BCUT2D eigenvalue weighted by Crippen LogP contribution is 2.32. The number of cyclic esters (lactones) is 1. The Morgan fingerprint density at radius 2 is 2.12 bits per heavy atom. The Labute approximate surface area is 146 Å². The van der Waals surface area contributed by atoms with E-state index in [1.807, 2.05) is 24.4 Å². The molecule has 2 aromatic carbocycles. The molecule has 0 saturated carbocycles. The van der Waals surface area contributed by atoms with Gasteiger partial charge in [-0.1, -0.05) is 16.7 Å². The van der Waals surface area contributed by atoms with Crippen LogP contribution in [0.4, 0.5) is 10.1 Å². The van der Waals surface area contributed by atoms with Crippen molar-refractivity contribution in [2.75, 3.05) is 11.8 Å². The lowest BCUT2D eigenvalue weighted by atomic mass is 10.1. The van der Waals surface area contributed by atoms with Crippen molar-refractivity contribution in [3.63, 3.8) is 0 Å². The van der Waals surface area contributed by atoms with E-state index < -0.39 is 22.5 Å². The number of nitrogens with one attached hydrogen (secondary N) is 1. The monoisotopic (exact) mass is 361 g/mol. The number of halogens is 1. The van der Waals surface area contributed by atoms with Crippen LogP contribution >= 0.6 is 10.7 Å². The average molecular weight is 361 g/mol. The molecule has 0 radical (unpaired) electrons. The average Bonchev–Trinajstić information content (AvgIpc) is 2.99. The first kappa shape index (κ1) is 17.2. The predicted octanol–water partition coefficient (Wildman–Crippen LogP) is 3.76. The molecule has 0 bridgehead atoms. The van der Waals surface area contributed by atoms with Gasteiger partial charge in [0.1, 0.15) is 12.4 Å². The van der Waals surface area contributed by atoms with Crippen molar-refractivity contribution in [1.29, 1.82) is 0 Å². The summed E-state index contributed by atoms with van der Waals surface area (Å²) in [5.41, 5.74) is 1.83. The molecule has 0 aliphatic carbocycles. The van der Waals surface area contributed by atoms with Gasteiger partial charge in [-0.25, -0.2) is 14.0 Å². The molecule has 2 aromatic rings. The summed E-state index contributed by atoms with van der Waals surface area (Å²) in [6.07, 6.45) is 0. The summed E-state index contributed by atoms with van der Waals surface area (Å²) in [5, 5.41) is 1.92. The molecular weight excluding hydrogens is 345 g/mol. The zero-order valence-electron chi connectivity index (χ0n) is 13.7. The largest absolute Gasteiger partial charge is 0.465 e. The molecule has 0 aromatic heterocycles. The fourth-order valence-corrected chi connectivity index (χ4v) is 3.81. The molecule has 1 heterocycles. The Morgan fingerprint density at radius 1 is 1.32 bits per heavy atom. The molecule has 5 nitrogen and oxygen atoms in total. The van der Waals surface area contributed by atoms with Gasteiger partial charge < -0.3 is 14.2 Å². The number of carbonyl (C=O) groups is 2. The summed E-state index contributed by atoms with van der Waals surface area (Å²) >= 11 is 0. The maximum Gasteiger partial charge on any atom is 0.340 e. The Bertz CT molecular complexity index is 895. The molecule has 7 heteroatoms. The van der Waals surface area contributed by atoms with E-state index in [4.69, 9.17) is 4.74 Å². The number of rotatable bonds is 4. The van der Waals surface area contributed by atoms with Crippen LogP contribution in [0.2, 0.25) is 0 Å². The van der Waals surface area contributed by atoms with Crippen molar-refractivity contribution in [3.8, 4) is 0 Å². The highest BCUT2D eigenvalue weighted by Gasteiger charge is 2.21. The van der Waals surface area contributed by atoms with Gasteiger partial charge in [0.15, 0.2) is 0 Å². The van der Waals surface area contributed by atoms with E-state index in [2.05, 4.69) is 9.46 Å². The maximum absolute atomic E-state index is 14.1. The Balaban J connectivity index is 1.86. The van der Waals surface area contributed by atoms with E-state index in [0.29, 0.717) is 17.9 Å². The molecule has 0 spiro atoms. The topological polar surface area (TPSA) is 64.6 Å². The number of methoxy groups -OCH3 is 1. The normalized spacial score (nSPS) is 14.0. The summed E-state index contributed by atoms with van der Waals surface area (Å²) < 4.78 is 26.8. The zero-order chi connectivity index (χ0) is 18.0. The summed E-state index contributed by atoms with van der Waals surface area (Å²) in [4.78, 5) is 24.1. The lowest BCUT2D eigenvalue weighted by molar-refractivity contribution is 0.0533. The number of fused-ring (bicyclic) bond motifs is 1. The van der Waals surface area contributed by atoms with Gasteiger partial charge in [-0.2, -0.15) is 0 Å². The van der Waals surface area contributed by atoms with Crippen LogP contribution in [-0.2, 0) is 16.1 Å². The standard InChI is InChI=1S/C18H16FNO4S/c1-3-25(13-6-4-11-10-24-18(22)15(11)9-13)20-12-5-7-14(16(19)8-12)17(21)23-2/h3-9,20H,10H2,1-2H3. The Kier molecular flexibility index (Phi) is 4.85. The molecule has 0 saturated heterocycles. The SMILES string of the molecule is C/C=S(/Nc1ccc(C(=O)OC)c(F)c1)c1ccc2c(c1)C(=O)OC2. The van der Waals surface area contributed by atoms with Gasteiger partial charge in [0.25, 0.3) is 0 Å². The second kappa shape index (κ2) is 7.06. The smallest absolute Gasteiger partial charge is 0.340 e. The van der Waals surface area contributed by atoms with Gasteiger partial charge in [-0.15, -0.1) is 0 Å². The fraction of sp³-hybridized carbons (Fsp3) is 0.167. The first-order chi connectivity index (χ1) is 12.0. The number of carbonyl (C=O) groups excluding carboxylic acids is 2. The minimum Gasteiger partial charge on any atom is -0.465 e. The van der Waals surface area contributed by atoms with Crippen molar-refractivity contribution in [2.24, 2.45) is 0 Å². The minimum absolute atomic E-state index is 0.117. The molecule has 130 valence electrons. The first-order valence-electron chi connectivity index (χ1n) is 7.50. The number of hydrogen-bond donors (Lipinski definition) is 1. The molecule has 1 atom stereocenters. The third-order valence-corrected chi connectivity index (χ3v) is 5.44. The van der Waals surface area contributed by atoms with E-state index in [0.717, 1.165) is 10.5 Å². The number of esters is 2. The Morgan fingerprint density at radius 3 is 2.80 bits per heavy atom. The second-order valence-corrected chi connectivity index (χ2v) is 7.08. The van der Waals surface area contributed by atoms with Gasteiger partial charge in [-0.05, 0) is 42.6 Å². The summed E-state index contributed by atoms with van der Waals surface area (Å²) in [7, 11) is 0.658. The van der Waals surface area contributed by atoms with Gasteiger partial charge >= 0.3 is 11.9 Å². The van der Waals surface area contributed by atoms with Gasteiger partial charge in [-0.3, -0.25) is 0 Å². The van der Waals surface area contributed by atoms with E-state index in [-0.39, 0.29) is 11.5 Å². The van der Waals surface area contributed by atoms with Crippen molar-refractivity contribution in [1.82, 2.24) is 0 Å². The van der Waals surface area contributed by atoms with E-state index >= 15 is 0 Å². The molecule has 3 rings (SSSR count). The molecule has 1 unspecified atom stereocenters. The summed E-state index contributed by atoms with van der Waals surface area (Å²) in [5.74, 6) is -1.71. The zero-order valence-corrected chi connectivity index (χ0v) is 14.5. The number of ether oxygens (including phenoxy) is 2. The molecule has 1 aliphatic heterocycles. The summed E-state index contributed by atoms with van der Waals surface area (Å²) in [6, 6.07) is 9.80. The van der Waals surface area contributed by atoms with Crippen LogP contribution in [0.1, 0.15) is 33.2 Å². The van der Waals surface area contributed by atoms with Crippen LogP contribution in [0.5, 0.6) is 0 Å². The van der Waals surface area contributed by atoms with Crippen LogP contribution in [-0.4, -0.2) is 24.4 Å². The van der Waals surface area contributed by atoms with Crippen LogP contribution in [0.3, 0.4) is 0 Å². The Hall–Kier alpha value is -2.67. The quantitative estimate of drug-likeness (QED) is 0.664. The predicted molar refractivity (Wildman–Crippen MR) is 94.5 cm³/mol. The van der Waals surface area contributed by atoms with E-state index in [1.54, 1.807) is 12.1 Å². The highest BCUT2D eigenvalue weighted by atomic mass is 32.2. The van der Waals surface area contributed by atoms with Gasteiger partial charge in [0.05, 0.1) is 18.2 Å². The van der Waals surface area contributed by atoms with E-state index in [1.165, 1.54) is 19.2 Å². The van der Waals surface area contributed by atoms with Crippen LogP contribution in [0.25, 0.3) is 0 Å². The van der Waals surface area contributed by atoms with Crippen LogP contribution in [0, 0.1) is 5.82 Å². The lowest BCUT2D eigenvalue weighted by Gasteiger charge is -2.14. The molecule has 0 amide bonds. The number of hydrogen-bond acceptors (Lipinski definition) is 5. The fourth-order valence-electron chi connectivity index (χ4n) is 2.46. The third kappa shape index (κ3) is 3.41. The highest BCUT2D eigenvalue weighted by molar-refractivity contribution is 8.16. The third-order valence-electron chi connectivity index (χ3n) is 3.75. The van der Waals surface area contributed by atoms with Gasteiger partial charge in [0.2, 0.25) is 0 Å². The van der Waals surface area contributed by atoms with Crippen molar-refractivity contribution in [2.45, 2.75) is 18.4 Å². The molecule has 1 N–H and O–H groups in total. The molecular formula is C18H16FNO4S. The van der Waals surface area contributed by atoms with Crippen molar-refractivity contribution >= 4 is 33.7 Å². The van der Waals surface area contributed by atoms with Crippen LogP contribution in [0.15, 0.2) is 41.3 Å². The second-order valence-electron chi connectivity index (χ2n) is 5.26. The first-order valence-corrected chi connectivity index (χ1v) is 8.79. The van der Waals surface area contributed by atoms with Gasteiger partial charge in [0, 0.05) is 16.1 Å². The molecule has 0 fully saturated rings. The maximum atomic E-state index is 14.1.